The Morgan fingerprint density at radius 3 is 2.62 bits per heavy atom. The van der Waals surface area contributed by atoms with Crippen LogP contribution in [0.5, 0.6) is 0 Å². The van der Waals surface area contributed by atoms with E-state index in [9.17, 15) is 15.3 Å². The molecule has 140 valence electrons. The van der Waals surface area contributed by atoms with Crippen LogP contribution < -0.4 is 11.1 Å². The van der Waals surface area contributed by atoms with Crippen LogP contribution in [0.4, 0.5) is 5.69 Å². The van der Waals surface area contributed by atoms with Gasteiger partial charge in [0.05, 0.1) is 17.9 Å². The first-order chi connectivity index (χ1) is 12.5. The molecule has 1 aromatic rings. The largest absolute Gasteiger partial charge is 0.396 e. The molecule has 2 aliphatic rings. The maximum absolute atomic E-state index is 10.2. The summed E-state index contributed by atoms with van der Waals surface area (Å²) in [5.41, 5.74) is 6.34. The van der Waals surface area contributed by atoms with Crippen molar-refractivity contribution in [1.29, 1.82) is 0 Å². The highest BCUT2D eigenvalue weighted by molar-refractivity contribution is 6.67. The van der Waals surface area contributed by atoms with Crippen molar-refractivity contribution in [2.75, 3.05) is 6.61 Å². The number of nitrogens with two attached hydrogens (primary N) is 1. The standard InChI is InChI=1S/C16H21ClN6O3/c17-14-11(23-22-9-4-2-1-3-5-9)15(21-16(18)20-14)19-10-6-8(7-24)12(25)13(10)26/h1-5,8,10-13,15,19,24-26H,6-7H2,(H2,18,21)/b23-22+/t8-,10-,11?,12-,13+,15?/m1/s1. The molecular weight excluding hydrogens is 360 g/mol. The summed E-state index contributed by atoms with van der Waals surface area (Å²) in [5, 5.41) is 41.1. The molecule has 0 saturated heterocycles. The van der Waals surface area contributed by atoms with Crippen LogP contribution in [0.15, 0.2) is 50.5 Å². The van der Waals surface area contributed by atoms with Crippen molar-refractivity contribution in [1.82, 2.24) is 5.32 Å². The first-order valence-electron chi connectivity index (χ1n) is 8.26. The van der Waals surface area contributed by atoms with E-state index in [1.807, 2.05) is 18.2 Å². The molecule has 3 rings (SSSR count). The summed E-state index contributed by atoms with van der Waals surface area (Å²) in [5.74, 6) is -0.425. The van der Waals surface area contributed by atoms with E-state index in [0.717, 1.165) is 0 Å². The molecule has 10 heteroatoms. The van der Waals surface area contributed by atoms with Crippen molar-refractivity contribution in [3.8, 4) is 0 Å². The number of aliphatic hydroxyl groups excluding tert-OH is 3. The Morgan fingerprint density at radius 1 is 1.23 bits per heavy atom. The Morgan fingerprint density at radius 2 is 1.96 bits per heavy atom. The fourth-order valence-corrected chi connectivity index (χ4v) is 3.35. The molecule has 1 saturated carbocycles. The van der Waals surface area contributed by atoms with E-state index < -0.39 is 36.4 Å². The van der Waals surface area contributed by atoms with Crippen LogP contribution in [0.25, 0.3) is 0 Å². The van der Waals surface area contributed by atoms with E-state index in [4.69, 9.17) is 17.3 Å². The molecule has 0 spiro atoms. The summed E-state index contributed by atoms with van der Waals surface area (Å²) in [7, 11) is 0. The third kappa shape index (κ3) is 4.08. The van der Waals surface area contributed by atoms with Gasteiger partial charge in [-0.1, -0.05) is 29.8 Å². The summed E-state index contributed by atoms with van der Waals surface area (Å²) in [6.07, 6.45) is -2.39. The van der Waals surface area contributed by atoms with Crippen molar-refractivity contribution < 1.29 is 15.3 Å². The van der Waals surface area contributed by atoms with Gasteiger partial charge in [-0.15, -0.1) is 0 Å². The zero-order chi connectivity index (χ0) is 18.7. The second-order valence-corrected chi connectivity index (χ2v) is 6.68. The van der Waals surface area contributed by atoms with Crippen LogP contribution in [0.1, 0.15) is 6.42 Å². The summed E-state index contributed by atoms with van der Waals surface area (Å²) >= 11 is 6.19. The Labute approximate surface area is 155 Å². The molecule has 1 aromatic carbocycles. The van der Waals surface area contributed by atoms with Gasteiger partial charge in [-0.05, 0) is 18.6 Å². The fourth-order valence-electron chi connectivity index (χ4n) is 3.10. The van der Waals surface area contributed by atoms with Crippen LogP contribution in [0.2, 0.25) is 0 Å². The average molecular weight is 381 g/mol. The number of rotatable bonds is 5. The van der Waals surface area contributed by atoms with E-state index in [-0.39, 0.29) is 17.7 Å². The van der Waals surface area contributed by atoms with Gasteiger partial charge in [-0.2, -0.15) is 10.2 Å². The third-order valence-corrected chi connectivity index (χ3v) is 4.82. The number of guanidine groups is 1. The van der Waals surface area contributed by atoms with Gasteiger partial charge in [0.1, 0.15) is 11.3 Å². The van der Waals surface area contributed by atoms with Gasteiger partial charge in [-0.3, -0.25) is 5.32 Å². The molecule has 1 aliphatic carbocycles. The smallest absolute Gasteiger partial charge is 0.218 e. The molecule has 6 N–H and O–H groups in total. The zero-order valence-electron chi connectivity index (χ0n) is 13.9. The molecule has 9 nitrogen and oxygen atoms in total. The minimum absolute atomic E-state index is 0.00888. The monoisotopic (exact) mass is 380 g/mol. The predicted molar refractivity (Wildman–Crippen MR) is 97.6 cm³/mol. The number of benzene rings is 1. The number of nitrogens with one attached hydrogen (secondary N) is 1. The highest BCUT2D eigenvalue weighted by Gasteiger charge is 2.43. The van der Waals surface area contributed by atoms with E-state index in [1.165, 1.54) is 0 Å². The van der Waals surface area contributed by atoms with Crippen LogP contribution in [-0.2, 0) is 0 Å². The number of azo groups is 1. The lowest BCUT2D eigenvalue weighted by Crippen LogP contribution is -2.51. The zero-order valence-corrected chi connectivity index (χ0v) is 14.6. The van der Waals surface area contributed by atoms with Gasteiger partial charge in [0, 0.05) is 18.6 Å². The van der Waals surface area contributed by atoms with Gasteiger partial charge in [0.2, 0.25) is 5.96 Å². The minimum atomic E-state index is -1.05. The second kappa shape index (κ2) is 8.19. The molecule has 0 aromatic heterocycles. The number of hydrogen-bond acceptors (Lipinski definition) is 9. The van der Waals surface area contributed by atoms with Crippen molar-refractivity contribution in [2.45, 2.75) is 36.9 Å². The molecule has 0 radical (unpaired) electrons. The van der Waals surface area contributed by atoms with E-state index in [0.29, 0.717) is 12.1 Å². The Bertz CT molecular complexity index is 713. The summed E-state index contributed by atoms with van der Waals surface area (Å²) in [4.78, 5) is 8.13. The molecule has 0 bridgehead atoms. The SMILES string of the molecule is NC1=NC(N[C@@H]2C[C@H](CO)[C@@H](O)[C@H]2O)C(/N=N/c2ccccc2)C(Cl)=N1. The van der Waals surface area contributed by atoms with Crippen molar-refractivity contribution in [3.05, 3.63) is 30.3 Å². The van der Waals surface area contributed by atoms with Crippen LogP contribution in [0.3, 0.4) is 0 Å². The van der Waals surface area contributed by atoms with Crippen LogP contribution in [-0.4, -0.2) is 63.5 Å². The summed E-state index contributed by atoms with van der Waals surface area (Å²) in [6, 6.07) is 7.90. The number of halogens is 1. The van der Waals surface area contributed by atoms with Crippen molar-refractivity contribution >= 4 is 28.4 Å². The number of aliphatic hydroxyl groups is 3. The average Bonchev–Trinajstić information content (AvgIpc) is 2.89. The van der Waals surface area contributed by atoms with Crippen molar-refractivity contribution in [2.24, 2.45) is 31.9 Å². The number of hydrogen-bond donors (Lipinski definition) is 5. The summed E-state index contributed by atoms with van der Waals surface area (Å²) < 4.78 is 0. The van der Waals surface area contributed by atoms with Crippen LogP contribution in [0, 0.1) is 5.92 Å². The van der Waals surface area contributed by atoms with Gasteiger partial charge < -0.3 is 21.1 Å². The second-order valence-electron chi connectivity index (χ2n) is 6.30. The molecule has 6 atom stereocenters. The predicted octanol–water partition coefficient (Wildman–Crippen LogP) is 0.123. The maximum Gasteiger partial charge on any atom is 0.218 e. The van der Waals surface area contributed by atoms with E-state index in [1.54, 1.807) is 12.1 Å². The molecule has 2 unspecified atom stereocenters. The van der Waals surface area contributed by atoms with Gasteiger partial charge in [-0.25, -0.2) is 9.98 Å². The summed E-state index contributed by atoms with van der Waals surface area (Å²) in [6.45, 7) is -0.216. The third-order valence-electron chi connectivity index (χ3n) is 4.51. The first kappa shape index (κ1) is 18.9. The van der Waals surface area contributed by atoms with Crippen molar-refractivity contribution in [3.63, 3.8) is 0 Å². The van der Waals surface area contributed by atoms with Gasteiger partial charge >= 0.3 is 0 Å². The number of nitrogens with zero attached hydrogens (tertiary/aromatic N) is 4. The highest BCUT2D eigenvalue weighted by atomic mass is 35.5. The minimum Gasteiger partial charge on any atom is -0.396 e. The maximum atomic E-state index is 10.2. The highest BCUT2D eigenvalue weighted by Crippen LogP contribution is 2.28. The Balaban J connectivity index is 1.77. The topological polar surface area (TPSA) is 148 Å². The lowest BCUT2D eigenvalue weighted by Gasteiger charge is -2.27. The lowest BCUT2D eigenvalue weighted by molar-refractivity contribution is -0.00120. The molecule has 0 amide bonds. The lowest BCUT2D eigenvalue weighted by atomic mass is 10.1. The van der Waals surface area contributed by atoms with E-state index in [2.05, 4.69) is 25.5 Å². The Hall–Kier alpha value is -1.91. The molecule has 1 heterocycles. The fraction of sp³-hybridized carbons (Fsp3) is 0.500. The normalized spacial score (nSPS) is 34.8. The van der Waals surface area contributed by atoms with E-state index >= 15 is 0 Å². The number of aliphatic imine (C=N–C) groups is 2. The van der Waals surface area contributed by atoms with Crippen LogP contribution >= 0.6 is 11.6 Å². The molecule has 26 heavy (non-hydrogen) atoms. The Kier molecular flexibility index (Phi) is 5.94. The quantitative estimate of drug-likeness (QED) is 0.460. The molecular formula is C16H21ClN6O3. The molecule has 1 fully saturated rings. The first-order valence-corrected chi connectivity index (χ1v) is 8.63. The molecule has 1 aliphatic heterocycles. The van der Waals surface area contributed by atoms with Gasteiger partial charge in [0.25, 0.3) is 0 Å². The van der Waals surface area contributed by atoms with Gasteiger partial charge in [0.15, 0.2) is 6.04 Å².